The van der Waals surface area contributed by atoms with Crippen LogP contribution >= 0.6 is 0 Å². The molecule has 3 aliphatic rings. The number of carboxylic acid groups (broad SMARTS) is 1. The first-order valence-corrected chi connectivity index (χ1v) is 14.2. The number of carboxylic acids is 1. The van der Waals surface area contributed by atoms with E-state index in [1.807, 2.05) is 39.0 Å². The molecule has 1 saturated heterocycles. The maximum Gasteiger partial charge on any atom is 0.337 e. The smallest absolute Gasteiger partial charge is 0.337 e. The van der Waals surface area contributed by atoms with Gasteiger partial charge in [0.05, 0.1) is 11.2 Å². The van der Waals surface area contributed by atoms with Crippen LogP contribution in [-0.4, -0.2) is 50.3 Å². The number of aryl methyl sites for hydroxylation is 2. The third kappa shape index (κ3) is 6.04. The van der Waals surface area contributed by atoms with Crippen LogP contribution in [0.2, 0.25) is 0 Å². The van der Waals surface area contributed by atoms with Crippen LogP contribution in [0.4, 0.5) is 5.82 Å². The summed E-state index contributed by atoms with van der Waals surface area (Å²) in [4.78, 5) is 32.8. The molecule has 3 aromatic rings. The lowest BCUT2D eigenvalue weighted by atomic mass is 9.92. The van der Waals surface area contributed by atoms with Crippen LogP contribution in [-0.2, 0) is 22.5 Å². The number of allylic oxidation sites excluding steroid dienone is 2. The Morgan fingerprint density at radius 1 is 1.15 bits per heavy atom. The van der Waals surface area contributed by atoms with E-state index in [-0.39, 0.29) is 11.6 Å². The molecule has 1 aromatic carbocycles. The number of nitrogens with zero attached hydrogens (tertiary/aromatic N) is 4. The van der Waals surface area contributed by atoms with E-state index in [0.29, 0.717) is 35.2 Å². The number of aromatic nitrogens is 3. The van der Waals surface area contributed by atoms with E-state index in [1.54, 1.807) is 17.5 Å². The minimum absolute atomic E-state index is 0.241. The summed E-state index contributed by atoms with van der Waals surface area (Å²) in [5.41, 5.74) is 3.38. The monoisotopic (exact) mass is 545 g/mol. The van der Waals surface area contributed by atoms with Gasteiger partial charge in [0.25, 0.3) is 5.91 Å². The first-order valence-electron chi connectivity index (χ1n) is 14.2. The maximum absolute atomic E-state index is 13.3. The van der Waals surface area contributed by atoms with Crippen molar-refractivity contribution in [1.82, 2.24) is 19.9 Å². The number of piperidine rings is 1. The molecule has 40 heavy (non-hydrogen) atoms. The van der Waals surface area contributed by atoms with Crippen LogP contribution in [0.25, 0.3) is 5.65 Å². The van der Waals surface area contributed by atoms with E-state index in [1.165, 1.54) is 5.56 Å². The number of anilines is 1. The normalized spacial score (nSPS) is 18.7. The molecule has 2 aromatic heterocycles. The Kier molecular flexibility index (Phi) is 7.94. The maximum atomic E-state index is 13.3. The highest BCUT2D eigenvalue weighted by atomic mass is 16.5. The van der Waals surface area contributed by atoms with Gasteiger partial charge in [-0.2, -0.15) is 9.61 Å². The summed E-state index contributed by atoms with van der Waals surface area (Å²) >= 11 is 0. The summed E-state index contributed by atoms with van der Waals surface area (Å²) in [6, 6.07) is 9.86. The average molecular weight is 546 g/mol. The number of rotatable bonds is 3. The van der Waals surface area contributed by atoms with Crippen LogP contribution in [0.1, 0.15) is 85.4 Å². The summed E-state index contributed by atoms with van der Waals surface area (Å²) < 4.78 is 7.72. The number of amides is 1. The van der Waals surface area contributed by atoms with Crippen molar-refractivity contribution in [3.05, 3.63) is 70.6 Å². The average Bonchev–Trinajstić information content (AvgIpc) is 3.33. The second-order valence-corrected chi connectivity index (χ2v) is 11.8. The standard InChI is InChI=1S/C31H39N5O4/c1-20-26(27(30(38)39)40-31(2,3)4)29-35-16-14-21(15-17-35)10-6-5-7-11-22-12-8-9-13-23(22)19-32-28(37)24-18-25(33-20)36(29)34-24/h5-6,8-9,12-13,18,21,27H,7,10-11,14-17,19H2,1-4H3,(H,32,37)(H,38,39)/b6-5-/t27-/m0/s1. The Morgan fingerprint density at radius 2 is 1.88 bits per heavy atom. The lowest BCUT2D eigenvalue weighted by Crippen LogP contribution is -2.37. The first kappa shape index (κ1) is 27.8. The molecule has 6 rings (SSSR count). The minimum atomic E-state index is -1.23. The van der Waals surface area contributed by atoms with Gasteiger partial charge in [-0.3, -0.25) is 4.79 Å². The number of hydrogen-bond donors (Lipinski definition) is 2. The van der Waals surface area contributed by atoms with E-state index in [0.717, 1.165) is 50.8 Å². The Hall–Kier alpha value is -3.72. The van der Waals surface area contributed by atoms with Gasteiger partial charge in [-0.15, -0.1) is 0 Å². The fraction of sp³-hybridized carbons (Fsp3) is 0.484. The predicted octanol–water partition coefficient (Wildman–Crippen LogP) is 5.02. The molecule has 212 valence electrons. The highest BCUT2D eigenvalue weighted by molar-refractivity contribution is 5.93. The fourth-order valence-electron chi connectivity index (χ4n) is 5.69. The van der Waals surface area contributed by atoms with Gasteiger partial charge in [-0.05, 0) is 76.8 Å². The fourth-order valence-corrected chi connectivity index (χ4v) is 5.69. The third-order valence-corrected chi connectivity index (χ3v) is 7.68. The third-order valence-electron chi connectivity index (χ3n) is 7.68. The molecule has 0 spiro atoms. The van der Waals surface area contributed by atoms with Crippen LogP contribution in [0.3, 0.4) is 0 Å². The number of carbonyl (C=O) groups is 2. The van der Waals surface area contributed by atoms with Crippen LogP contribution in [0.15, 0.2) is 42.5 Å². The number of aliphatic carboxylic acids is 1. The number of fused-ring (bicyclic) bond motifs is 7. The highest BCUT2D eigenvalue weighted by Gasteiger charge is 2.35. The molecule has 1 amide bonds. The SMILES string of the molecule is Cc1nc2cc3nn2c(c1[C@H](OC(C)(C)C)C(=O)O)N1CCC(C/C=C\CCc2ccccc2CNC3=O)CC1. The molecule has 0 unspecified atom stereocenters. The van der Waals surface area contributed by atoms with Crippen molar-refractivity contribution in [2.24, 2.45) is 5.92 Å². The number of benzene rings is 1. The van der Waals surface area contributed by atoms with E-state index in [9.17, 15) is 14.7 Å². The van der Waals surface area contributed by atoms with E-state index >= 15 is 0 Å². The van der Waals surface area contributed by atoms with Gasteiger partial charge in [0.2, 0.25) is 0 Å². The second kappa shape index (κ2) is 11.4. The molecular formula is C31H39N5O4. The largest absolute Gasteiger partial charge is 0.479 e. The van der Waals surface area contributed by atoms with Gasteiger partial charge in [0.1, 0.15) is 5.82 Å². The van der Waals surface area contributed by atoms with Crippen molar-refractivity contribution in [3.63, 3.8) is 0 Å². The molecule has 0 saturated carbocycles. The van der Waals surface area contributed by atoms with Gasteiger partial charge < -0.3 is 20.1 Å². The van der Waals surface area contributed by atoms with E-state index < -0.39 is 17.7 Å². The molecule has 3 aliphatic heterocycles. The van der Waals surface area contributed by atoms with Crippen molar-refractivity contribution in [1.29, 1.82) is 0 Å². The number of ether oxygens (including phenoxy) is 1. The van der Waals surface area contributed by atoms with E-state index in [2.05, 4.69) is 33.5 Å². The lowest BCUT2D eigenvalue weighted by Gasteiger charge is -2.36. The molecule has 0 radical (unpaired) electrons. The van der Waals surface area contributed by atoms with Gasteiger partial charge >= 0.3 is 5.97 Å². The molecule has 4 bridgehead atoms. The second-order valence-electron chi connectivity index (χ2n) is 11.8. The minimum Gasteiger partial charge on any atom is -0.479 e. The molecule has 5 heterocycles. The van der Waals surface area contributed by atoms with Crippen molar-refractivity contribution in [2.45, 2.75) is 78.0 Å². The van der Waals surface area contributed by atoms with E-state index in [4.69, 9.17) is 9.72 Å². The Labute approximate surface area is 235 Å². The zero-order valence-electron chi connectivity index (χ0n) is 23.8. The number of carbonyl (C=O) groups excluding carboxylic acids is 1. The lowest BCUT2D eigenvalue weighted by molar-refractivity contribution is -0.160. The topological polar surface area (TPSA) is 109 Å². The summed E-state index contributed by atoms with van der Waals surface area (Å²) in [5.74, 6) is -0.191. The molecule has 1 fully saturated rings. The summed E-state index contributed by atoms with van der Waals surface area (Å²) in [5, 5.41) is 18.0. The molecule has 0 aliphatic carbocycles. The Balaban J connectivity index is 1.62. The quantitative estimate of drug-likeness (QED) is 0.445. The van der Waals surface area contributed by atoms with Crippen molar-refractivity contribution in [3.8, 4) is 0 Å². The zero-order valence-corrected chi connectivity index (χ0v) is 23.8. The Bertz CT molecular complexity index is 1430. The molecule has 9 nitrogen and oxygen atoms in total. The summed E-state index contributed by atoms with van der Waals surface area (Å²) in [6.45, 7) is 9.22. The van der Waals surface area contributed by atoms with Gasteiger partial charge in [-0.25, -0.2) is 9.78 Å². The Morgan fingerprint density at radius 3 is 2.58 bits per heavy atom. The highest BCUT2D eigenvalue weighted by Crippen LogP contribution is 2.37. The summed E-state index contributed by atoms with van der Waals surface area (Å²) in [7, 11) is 0. The van der Waals surface area contributed by atoms with Crippen LogP contribution in [0, 0.1) is 12.8 Å². The molecule has 1 atom stereocenters. The van der Waals surface area contributed by atoms with Gasteiger partial charge in [0.15, 0.2) is 17.4 Å². The van der Waals surface area contributed by atoms with Crippen molar-refractivity contribution < 1.29 is 19.4 Å². The number of hydrogen-bond acceptors (Lipinski definition) is 6. The van der Waals surface area contributed by atoms with Crippen molar-refractivity contribution >= 4 is 23.3 Å². The number of nitrogens with one attached hydrogen (secondary N) is 1. The molecular weight excluding hydrogens is 506 g/mol. The predicted molar refractivity (Wildman–Crippen MR) is 154 cm³/mol. The molecule has 2 N–H and O–H groups in total. The van der Waals surface area contributed by atoms with Crippen molar-refractivity contribution in [2.75, 3.05) is 18.0 Å². The first-order chi connectivity index (χ1) is 19.1. The molecule has 9 heteroatoms. The van der Waals surface area contributed by atoms with Crippen LogP contribution in [0.5, 0.6) is 0 Å². The summed E-state index contributed by atoms with van der Waals surface area (Å²) in [6.07, 6.45) is 8.18. The zero-order chi connectivity index (χ0) is 28.4. The van der Waals surface area contributed by atoms with Gasteiger partial charge in [0, 0.05) is 31.4 Å². The van der Waals surface area contributed by atoms with Crippen LogP contribution < -0.4 is 10.2 Å². The van der Waals surface area contributed by atoms with Gasteiger partial charge in [-0.1, -0.05) is 36.4 Å².